The van der Waals surface area contributed by atoms with Crippen LogP contribution in [0.2, 0.25) is 0 Å². The van der Waals surface area contributed by atoms with Gasteiger partial charge in [0.1, 0.15) is 17.6 Å². The van der Waals surface area contributed by atoms with Crippen molar-refractivity contribution in [2.24, 2.45) is 0 Å². The smallest absolute Gasteiger partial charge is 0.320 e. The summed E-state index contributed by atoms with van der Waals surface area (Å²) in [5.41, 5.74) is 5.41. The zero-order valence-corrected chi connectivity index (χ0v) is 25.5. The first-order valence-corrected chi connectivity index (χ1v) is 13.7. The lowest BCUT2D eigenvalue weighted by Gasteiger charge is -2.37. The van der Waals surface area contributed by atoms with Gasteiger partial charge in [-0.15, -0.1) is 17.0 Å². The Bertz CT molecular complexity index is 1220. The number of hydrogen-bond acceptors (Lipinski definition) is 6. The van der Waals surface area contributed by atoms with E-state index in [0.29, 0.717) is 30.1 Å². The van der Waals surface area contributed by atoms with Crippen LogP contribution in [0.5, 0.6) is 0 Å². The summed E-state index contributed by atoms with van der Waals surface area (Å²) in [4.78, 5) is 35.9. The van der Waals surface area contributed by atoms with Gasteiger partial charge in [-0.2, -0.15) is 0 Å². The Labute approximate surface area is 242 Å². The number of carbonyl (C=O) groups is 2. The van der Waals surface area contributed by atoms with Crippen molar-refractivity contribution in [1.82, 2.24) is 19.7 Å². The monoisotopic (exact) mass is 599 g/mol. The molecule has 1 aromatic heterocycles. The molecule has 1 saturated heterocycles. The highest BCUT2D eigenvalue weighted by Gasteiger charge is 2.30. The fourth-order valence-electron chi connectivity index (χ4n) is 5.35. The number of hydrogen-bond donors (Lipinski definition) is 2. The molecule has 2 aliphatic rings. The van der Waals surface area contributed by atoms with E-state index in [1.54, 1.807) is 0 Å². The number of piperazine rings is 1. The van der Waals surface area contributed by atoms with Crippen LogP contribution in [-0.4, -0.2) is 81.1 Å². The van der Waals surface area contributed by atoms with E-state index in [4.69, 9.17) is 5.41 Å². The van der Waals surface area contributed by atoms with Crippen LogP contribution in [0.1, 0.15) is 79.5 Å². The van der Waals surface area contributed by atoms with Crippen LogP contribution in [0.25, 0.3) is 0 Å². The first-order valence-electron chi connectivity index (χ1n) is 13.7. The molecule has 3 heterocycles. The molecule has 8 nitrogen and oxygen atoms in total. The van der Waals surface area contributed by atoms with Crippen LogP contribution in [0.15, 0.2) is 30.3 Å². The van der Waals surface area contributed by atoms with Gasteiger partial charge in [0.15, 0.2) is 5.78 Å². The van der Waals surface area contributed by atoms with Crippen LogP contribution >= 0.6 is 17.0 Å². The van der Waals surface area contributed by atoms with Crippen LogP contribution in [0.3, 0.4) is 0 Å². The lowest BCUT2D eigenvalue weighted by Crippen LogP contribution is -2.52. The average Bonchev–Trinajstić information content (AvgIpc) is 3.18. The molecule has 0 radical (unpaired) electrons. The lowest BCUT2D eigenvalue weighted by molar-refractivity contribution is -0.144. The van der Waals surface area contributed by atoms with Crippen molar-refractivity contribution in [2.75, 3.05) is 32.7 Å². The lowest BCUT2D eigenvalue weighted by atomic mass is 9.84. The fraction of sp³-hybridized carbons (Fsp3) is 0.533. The van der Waals surface area contributed by atoms with Gasteiger partial charge in [0.2, 0.25) is 0 Å². The number of aryl methyl sites for hydroxylation is 1. The molecule has 2 N–H and O–H groups in total. The molecule has 0 bridgehead atoms. The van der Waals surface area contributed by atoms with Gasteiger partial charge >= 0.3 is 5.97 Å². The molecule has 4 rings (SSSR count). The molecule has 0 spiro atoms. The second-order valence-corrected chi connectivity index (χ2v) is 11.5. The molecule has 0 saturated carbocycles. The molecule has 2 aliphatic heterocycles. The van der Waals surface area contributed by atoms with E-state index < -0.39 is 12.0 Å². The molecule has 0 amide bonds. The number of halogens is 1. The minimum atomic E-state index is -0.752. The number of carbonyl (C=O) groups excluding carboxylic acids is 1. The van der Waals surface area contributed by atoms with Crippen LogP contribution in [0.4, 0.5) is 0 Å². The number of pyridine rings is 1. The number of Topliss-reactive ketones (excluding diaryl/α,β-unsaturated/α-hetero) is 1. The third-order valence-electron chi connectivity index (χ3n) is 7.74. The van der Waals surface area contributed by atoms with Crippen LogP contribution in [-0.2, 0) is 29.7 Å². The predicted octanol–water partition coefficient (Wildman–Crippen LogP) is 4.52. The molecule has 1 aromatic carbocycles. The van der Waals surface area contributed by atoms with E-state index in [2.05, 4.69) is 41.6 Å². The predicted molar refractivity (Wildman–Crippen MR) is 159 cm³/mol. The Morgan fingerprint density at radius 1 is 1.08 bits per heavy atom. The number of aliphatic carboxylic acids is 1. The first-order chi connectivity index (χ1) is 18.0. The molecule has 1 fully saturated rings. The zero-order valence-electron chi connectivity index (χ0n) is 23.8. The SMILES string of the molecule is Br.CCc1ccc2c(n1)C(=N)N(CC(=O)c1cc(CN3CCN(C(CC)C(=O)O)CC3)cc(C(C)(C)C)c1)C2. The molecule has 1 unspecified atom stereocenters. The maximum atomic E-state index is 13.5. The van der Waals surface area contributed by atoms with Gasteiger partial charge in [-0.1, -0.05) is 46.8 Å². The number of nitrogens with zero attached hydrogens (tertiary/aromatic N) is 4. The molecular weight excluding hydrogens is 558 g/mol. The van der Waals surface area contributed by atoms with Crippen LogP contribution < -0.4 is 0 Å². The number of carboxylic acids is 1. The number of fused-ring (bicyclic) bond motifs is 1. The summed E-state index contributed by atoms with van der Waals surface area (Å²) in [6, 6.07) is 9.79. The van der Waals surface area contributed by atoms with Crippen molar-refractivity contribution in [3.8, 4) is 0 Å². The second kappa shape index (κ2) is 12.7. The van der Waals surface area contributed by atoms with E-state index in [9.17, 15) is 14.7 Å². The van der Waals surface area contributed by atoms with Gasteiger partial charge in [-0.05, 0) is 47.6 Å². The minimum absolute atomic E-state index is 0. The van der Waals surface area contributed by atoms with E-state index in [1.807, 2.05) is 43.0 Å². The molecule has 1 atom stereocenters. The molecule has 9 heteroatoms. The Morgan fingerprint density at radius 3 is 2.36 bits per heavy atom. The Balaban J connectivity index is 0.00000420. The zero-order chi connectivity index (χ0) is 27.6. The van der Waals surface area contributed by atoms with Gasteiger partial charge in [-0.3, -0.25) is 24.8 Å². The van der Waals surface area contributed by atoms with E-state index >= 15 is 0 Å². The number of nitrogens with one attached hydrogen (secondary N) is 1. The summed E-state index contributed by atoms with van der Waals surface area (Å²) >= 11 is 0. The summed E-state index contributed by atoms with van der Waals surface area (Å²) in [7, 11) is 0. The average molecular weight is 601 g/mol. The van der Waals surface area contributed by atoms with E-state index in [0.717, 1.165) is 61.5 Å². The summed E-state index contributed by atoms with van der Waals surface area (Å²) in [5, 5.41) is 18.1. The summed E-state index contributed by atoms with van der Waals surface area (Å²) in [6.07, 6.45) is 1.42. The van der Waals surface area contributed by atoms with Crippen LogP contribution in [0, 0.1) is 5.41 Å². The van der Waals surface area contributed by atoms with Gasteiger partial charge in [-0.25, -0.2) is 4.98 Å². The first kappa shape index (κ1) is 30.9. The van der Waals surface area contributed by atoms with Crippen molar-refractivity contribution in [3.05, 3.63) is 64.0 Å². The molecule has 212 valence electrons. The number of benzene rings is 1. The van der Waals surface area contributed by atoms with Crippen molar-refractivity contribution < 1.29 is 14.7 Å². The van der Waals surface area contributed by atoms with Gasteiger partial charge < -0.3 is 10.0 Å². The molecule has 39 heavy (non-hydrogen) atoms. The number of amidine groups is 1. The number of rotatable bonds is 9. The van der Waals surface area contributed by atoms with Gasteiger partial charge in [0.05, 0.1) is 6.54 Å². The van der Waals surface area contributed by atoms with Crippen molar-refractivity contribution >= 4 is 34.6 Å². The number of aromatic nitrogens is 1. The fourth-order valence-corrected chi connectivity index (χ4v) is 5.35. The summed E-state index contributed by atoms with van der Waals surface area (Å²) in [5.74, 6) is -0.430. The molecular formula is C30H42BrN5O3. The maximum absolute atomic E-state index is 13.5. The quantitative estimate of drug-likeness (QED) is 0.408. The Morgan fingerprint density at radius 2 is 1.77 bits per heavy atom. The normalized spacial score (nSPS) is 17.1. The molecule has 2 aromatic rings. The van der Waals surface area contributed by atoms with E-state index in [1.165, 1.54) is 0 Å². The maximum Gasteiger partial charge on any atom is 0.320 e. The van der Waals surface area contributed by atoms with E-state index in [-0.39, 0.29) is 34.7 Å². The highest BCUT2D eigenvalue weighted by Crippen LogP contribution is 2.27. The third kappa shape index (κ3) is 7.13. The van der Waals surface area contributed by atoms with Gasteiger partial charge in [0, 0.05) is 56.1 Å². The summed E-state index contributed by atoms with van der Waals surface area (Å²) < 4.78 is 0. The highest BCUT2D eigenvalue weighted by molar-refractivity contribution is 8.93. The summed E-state index contributed by atoms with van der Waals surface area (Å²) in [6.45, 7) is 14.9. The Kier molecular flexibility index (Phi) is 10.1. The minimum Gasteiger partial charge on any atom is -0.480 e. The topological polar surface area (TPSA) is 101 Å². The third-order valence-corrected chi connectivity index (χ3v) is 7.74. The number of ketones is 1. The standard InChI is InChI=1S/C30H41N5O3.BrH/c1-6-24-9-8-21-18-35(28(31)27(21)32-24)19-26(36)22-14-20(15-23(16-22)30(3,4)5)17-33-10-12-34(13-11-33)25(7-2)29(37)38;/h8-9,14-16,25,31H,6-7,10-13,17-19H2,1-5H3,(H,37,38);1H. The van der Waals surface area contributed by atoms with Gasteiger partial charge in [0.25, 0.3) is 0 Å². The van der Waals surface area contributed by atoms with Crippen molar-refractivity contribution in [1.29, 1.82) is 5.41 Å². The highest BCUT2D eigenvalue weighted by atomic mass is 79.9. The van der Waals surface area contributed by atoms with Crippen molar-refractivity contribution in [3.63, 3.8) is 0 Å². The largest absolute Gasteiger partial charge is 0.480 e. The second-order valence-electron chi connectivity index (χ2n) is 11.5. The number of carboxylic acid groups (broad SMARTS) is 1. The Hall–Kier alpha value is -2.62. The van der Waals surface area contributed by atoms with Crippen molar-refractivity contribution in [2.45, 2.75) is 72.0 Å². The molecule has 0 aliphatic carbocycles.